The largest absolute Gasteiger partial charge is 0.489 e. The highest BCUT2D eigenvalue weighted by Gasteiger charge is 2.05. The van der Waals surface area contributed by atoms with E-state index in [9.17, 15) is 9.59 Å². The monoisotopic (exact) mass is 406 g/mol. The number of esters is 1. The Hall–Kier alpha value is -3.63. The predicted octanol–water partition coefficient (Wildman–Crippen LogP) is 1.95. The van der Waals surface area contributed by atoms with E-state index in [1.165, 1.54) is 29.1 Å². The van der Waals surface area contributed by atoms with E-state index in [1.807, 2.05) is 42.5 Å². The number of hydrogen-bond donors (Lipinski definition) is 0. The first kappa shape index (κ1) is 20.1. The summed E-state index contributed by atoms with van der Waals surface area (Å²) in [6.45, 7) is 0.364. The molecule has 7 heteroatoms. The predicted molar refractivity (Wildman–Crippen MR) is 111 cm³/mol. The molecule has 0 spiro atoms. The zero-order valence-electron chi connectivity index (χ0n) is 15.9. The average Bonchev–Trinajstić information content (AvgIpc) is 3.01. The van der Waals surface area contributed by atoms with E-state index in [0.717, 1.165) is 11.1 Å². The molecule has 0 aliphatic carbocycles. The fourth-order valence-electron chi connectivity index (χ4n) is 2.60. The average molecular weight is 406 g/mol. The van der Waals surface area contributed by atoms with Crippen molar-refractivity contribution in [1.82, 2.24) is 4.57 Å². The van der Waals surface area contributed by atoms with Crippen LogP contribution < -0.4 is 19.5 Å². The molecule has 0 atom stereocenters. The summed E-state index contributed by atoms with van der Waals surface area (Å²) in [5.74, 6) is 0.319. The highest BCUT2D eigenvalue weighted by atomic mass is 32.1. The van der Waals surface area contributed by atoms with Gasteiger partial charge in [-0.2, -0.15) is 5.26 Å². The first-order chi connectivity index (χ1) is 14.0. The first-order valence-corrected chi connectivity index (χ1v) is 9.51. The van der Waals surface area contributed by atoms with Crippen LogP contribution in [0.1, 0.15) is 21.5 Å². The maximum atomic E-state index is 12.2. The molecule has 0 radical (unpaired) electrons. The van der Waals surface area contributed by atoms with Crippen molar-refractivity contribution in [3.63, 3.8) is 0 Å². The zero-order valence-corrected chi connectivity index (χ0v) is 16.7. The van der Waals surface area contributed by atoms with Gasteiger partial charge in [-0.15, -0.1) is 11.3 Å². The quantitative estimate of drug-likeness (QED) is 0.605. The minimum absolute atomic E-state index is 0.132. The van der Waals surface area contributed by atoms with Gasteiger partial charge >= 0.3 is 5.97 Å². The summed E-state index contributed by atoms with van der Waals surface area (Å²) >= 11 is 1.27. The molecule has 0 aliphatic heterocycles. The van der Waals surface area contributed by atoms with Crippen LogP contribution in [0.2, 0.25) is 0 Å². The molecule has 3 aromatic rings. The molecular formula is C22H18N2O4S. The van der Waals surface area contributed by atoms with Crippen molar-refractivity contribution in [3.8, 4) is 11.8 Å². The van der Waals surface area contributed by atoms with Crippen molar-refractivity contribution in [2.75, 3.05) is 7.11 Å². The lowest BCUT2D eigenvalue weighted by Gasteiger charge is -2.07. The van der Waals surface area contributed by atoms with E-state index < -0.39 is 0 Å². The van der Waals surface area contributed by atoms with Crippen LogP contribution in [0, 0.1) is 11.3 Å². The first-order valence-electron chi connectivity index (χ1n) is 8.69. The highest BCUT2D eigenvalue weighted by Crippen LogP contribution is 2.15. The molecule has 0 unspecified atom stereocenters. The Morgan fingerprint density at radius 3 is 2.48 bits per heavy atom. The van der Waals surface area contributed by atoms with E-state index in [4.69, 9.17) is 10.00 Å². The Morgan fingerprint density at radius 1 is 1.17 bits per heavy atom. The van der Waals surface area contributed by atoms with Gasteiger partial charge in [0.15, 0.2) is 0 Å². The minimum atomic E-state index is -0.373. The second kappa shape index (κ2) is 9.04. The maximum absolute atomic E-state index is 12.2. The lowest BCUT2D eigenvalue weighted by molar-refractivity contribution is 0.0600. The van der Waals surface area contributed by atoms with Gasteiger partial charge in [-0.25, -0.2) is 4.79 Å². The van der Waals surface area contributed by atoms with E-state index in [0.29, 0.717) is 27.1 Å². The lowest BCUT2D eigenvalue weighted by Crippen LogP contribution is -2.28. The fraction of sp³-hybridized carbons (Fsp3) is 0.136. The van der Waals surface area contributed by atoms with Crippen LogP contribution in [0.15, 0.2) is 53.3 Å². The molecule has 29 heavy (non-hydrogen) atoms. The summed E-state index contributed by atoms with van der Waals surface area (Å²) in [6.07, 6.45) is 3.15. The zero-order chi connectivity index (χ0) is 20.8. The summed E-state index contributed by atoms with van der Waals surface area (Å²) < 4.78 is 13.1. The summed E-state index contributed by atoms with van der Waals surface area (Å²) in [5, 5.41) is 8.79. The molecule has 0 bridgehead atoms. The topological polar surface area (TPSA) is 81.3 Å². The fourth-order valence-corrected chi connectivity index (χ4v) is 3.57. The standard InChI is InChI=1S/C22H18N2O4S/c1-24-20(11-12-23)29-19(21(24)25)13-15-5-9-18(10-6-15)28-14-16-3-7-17(8-4-16)22(26)27-2/h3-11,13H,14H2,1-2H3/b19-13-,20-11-. The molecule has 1 aromatic heterocycles. The number of carbonyl (C=O) groups is 1. The molecule has 3 rings (SSSR count). The Bertz CT molecular complexity index is 1230. The summed E-state index contributed by atoms with van der Waals surface area (Å²) in [7, 11) is 2.99. The van der Waals surface area contributed by atoms with Gasteiger partial charge in [0.1, 0.15) is 17.0 Å². The van der Waals surface area contributed by atoms with Gasteiger partial charge in [0.2, 0.25) is 0 Å². The van der Waals surface area contributed by atoms with Crippen molar-refractivity contribution in [2.24, 2.45) is 7.05 Å². The van der Waals surface area contributed by atoms with E-state index in [2.05, 4.69) is 4.74 Å². The third-order valence-electron chi connectivity index (χ3n) is 4.21. The van der Waals surface area contributed by atoms with Crippen molar-refractivity contribution in [3.05, 3.63) is 84.8 Å². The van der Waals surface area contributed by atoms with Gasteiger partial charge in [0.05, 0.1) is 23.3 Å². The van der Waals surface area contributed by atoms with Gasteiger partial charge < -0.3 is 14.0 Å². The number of nitrogens with zero attached hydrogens (tertiary/aromatic N) is 2. The van der Waals surface area contributed by atoms with Crippen molar-refractivity contribution >= 4 is 29.5 Å². The van der Waals surface area contributed by atoms with Crippen molar-refractivity contribution < 1.29 is 14.3 Å². The number of nitriles is 1. The molecule has 0 fully saturated rings. The Morgan fingerprint density at radius 2 is 1.86 bits per heavy atom. The lowest BCUT2D eigenvalue weighted by atomic mass is 10.1. The molecule has 146 valence electrons. The molecule has 6 nitrogen and oxygen atoms in total. The molecule has 0 amide bonds. The number of methoxy groups -OCH3 is 1. The third-order valence-corrected chi connectivity index (χ3v) is 5.32. The number of carbonyl (C=O) groups excluding carboxylic acids is 1. The second-order valence-electron chi connectivity index (χ2n) is 6.13. The molecule has 2 aromatic carbocycles. The normalized spacial score (nSPS) is 11.9. The Kier molecular flexibility index (Phi) is 6.27. The molecule has 0 saturated heterocycles. The third kappa shape index (κ3) is 4.81. The van der Waals surface area contributed by atoms with E-state index in [1.54, 1.807) is 25.3 Å². The van der Waals surface area contributed by atoms with Gasteiger partial charge in [0.25, 0.3) is 5.56 Å². The van der Waals surface area contributed by atoms with Crippen LogP contribution in [0.4, 0.5) is 0 Å². The molecule has 0 N–H and O–H groups in total. The van der Waals surface area contributed by atoms with Crippen molar-refractivity contribution in [1.29, 1.82) is 5.26 Å². The number of benzene rings is 2. The minimum Gasteiger partial charge on any atom is -0.489 e. The van der Waals surface area contributed by atoms with Crippen LogP contribution in [0.3, 0.4) is 0 Å². The number of ether oxygens (including phenoxy) is 2. The van der Waals surface area contributed by atoms with Crippen LogP contribution >= 0.6 is 11.3 Å². The van der Waals surface area contributed by atoms with Crippen LogP contribution in [-0.4, -0.2) is 17.6 Å². The highest BCUT2D eigenvalue weighted by molar-refractivity contribution is 7.07. The number of hydrogen-bond acceptors (Lipinski definition) is 6. The van der Waals surface area contributed by atoms with Gasteiger partial charge in [-0.05, 0) is 41.5 Å². The number of aromatic nitrogens is 1. The smallest absolute Gasteiger partial charge is 0.337 e. The van der Waals surface area contributed by atoms with Gasteiger partial charge in [-0.1, -0.05) is 24.3 Å². The van der Waals surface area contributed by atoms with Gasteiger partial charge in [0, 0.05) is 13.1 Å². The molecular weight excluding hydrogens is 388 g/mol. The van der Waals surface area contributed by atoms with Crippen LogP contribution in [0.25, 0.3) is 12.2 Å². The second-order valence-corrected chi connectivity index (χ2v) is 7.19. The Labute approximate surface area is 171 Å². The Balaban J connectivity index is 1.70. The van der Waals surface area contributed by atoms with Crippen molar-refractivity contribution in [2.45, 2.75) is 6.61 Å². The summed E-state index contributed by atoms with van der Waals surface area (Å²) in [5.41, 5.74) is 2.15. The van der Waals surface area contributed by atoms with E-state index in [-0.39, 0.29) is 11.5 Å². The molecule has 0 saturated carbocycles. The molecule has 1 heterocycles. The SMILES string of the molecule is COC(=O)c1ccc(COc2ccc(/C=c3\s/c(=C\C#N)n(C)c3=O)cc2)cc1. The number of thiazole rings is 1. The van der Waals surface area contributed by atoms with Gasteiger partial charge in [-0.3, -0.25) is 4.79 Å². The van der Waals surface area contributed by atoms with Crippen LogP contribution in [-0.2, 0) is 18.4 Å². The van der Waals surface area contributed by atoms with E-state index >= 15 is 0 Å². The summed E-state index contributed by atoms with van der Waals surface area (Å²) in [4.78, 5) is 23.7. The maximum Gasteiger partial charge on any atom is 0.337 e. The number of rotatable bonds is 5. The molecule has 0 aliphatic rings. The summed E-state index contributed by atoms with van der Waals surface area (Å²) in [6, 6.07) is 16.4. The van der Waals surface area contributed by atoms with Crippen LogP contribution in [0.5, 0.6) is 5.75 Å².